The van der Waals surface area contributed by atoms with E-state index in [1.165, 1.54) is 0 Å². The molecule has 0 aliphatic rings. The first-order chi connectivity index (χ1) is 10.2. The molecule has 0 aromatic heterocycles. The van der Waals surface area contributed by atoms with Crippen LogP contribution < -0.4 is 5.32 Å². The summed E-state index contributed by atoms with van der Waals surface area (Å²) in [5.41, 5.74) is 2.25. The van der Waals surface area contributed by atoms with Crippen molar-refractivity contribution in [1.82, 2.24) is 10.2 Å². The highest BCUT2D eigenvalue weighted by Gasteiger charge is 2.08. The number of rotatable bonds is 10. The second-order valence-electron chi connectivity index (χ2n) is 5.30. The molecule has 0 bridgehead atoms. The average molecular weight is 292 g/mol. The Morgan fingerprint density at radius 2 is 1.67 bits per heavy atom. The van der Waals surface area contributed by atoms with E-state index in [2.05, 4.69) is 24.1 Å². The van der Waals surface area contributed by atoms with E-state index in [0.717, 1.165) is 37.1 Å². The quantitative estimate of drug-likeness (QED) is 0.720. The average Bonchev–Trinajstić information content (AvgIpc) is 2.47. The third kappa shape index (κ3) is 7.25. The van der Waals surface area contributed by atoms with Crippen LogP contribution in [0.5, 0.6) is 0 Å². The standard InChI is InChI=1S/C17H28N2O2/c1-4-10-19(11-5-2)13-17(20)18-12-15-6-8-16(9-7-15)14-21-3/h6-9H,4-5,10-14H2,1-3H3,(H,18,20). The summed E-state index contributed by atoms with van der Waals surface area (Å²) >= 11 is 0. The van der Waals surface area contributed by atoms with Gasteiger partial charge in [-0.3, -0.25) is 9.69 Å². The van der Waals surface area contributed by atoms with Gasteiger partial charge in [-0.05, 0) is 37.1 Å². The molecule has 0 heterocycles. The number of hydrogen-bond donors (Lipinski definition) is 1. The maximum absolute atomic E-state index is 12.0. The first-order valence-corrected chi connectivity index (χ1v) is 7.75. The Morgan fingerprint density at radius 1 is 1.10 bits per heavy atom. The van der Waals surface area contributed by atoms with Gasteiger partial charge in [0.15, 0.2) is 0 Å². The van der Waals surface area contributed by atoms with Crippen molar-refractivity contribution in [3.05, 3.63) is 35.4 Å². The minimum atomic E-state index is 0.0952. The van der Waals surface area contributed by atoms with Gasteiger partial charge in [0, 0.05) is 13.7 Å². The zero-order valence-corrected chi connectivity index (χ0v) is 13.5. The molecule has 0 unspecified atom stereocenters. The van der Waals surface area contributed by atoms with Crippen LogP contribution in [0.1, 0.15) is 37.8 Å². The van der Waals surface area contributed by atoms with E-state index in [9.17, 15) is 4.79 Å². The van der Waals surface area contributed by atoms with E-state index in [0.29, 0.717) is 19.7 Å². The van der Waals surface area contributed by atoms with Crippen molar-refractivity contribution < 1.29 is 9.53 Å². The lowest BCUT2D eigenvalue weighted by Crippen LogP contribution is -2.37. The molecule has 0 saturated carbocycles. The second kappa shape index (κ2) is 10.4. The Balaban J connectivity index is 2.37. The number of nitrogens with zero attached hydrogens (tertiary/aromatic N) is 1. The normalized spacial score (nSPS) is 10.9. The van der Waals surface area contributed by atoms with Crippen molar-refractivity contribution >= 4 is 5.91 Å². The number of ether oxygens (including phenoxy) is 1. The van der Waals surface area contributed by atoms with Gasteiger partial charge in [-0.15, -0.1) is 0 Å². The van der Waals surface area contributed by atoms with Gasteiger partial charge < -0.3 is 10.1 Å². The van der Waals surface area contributed by atoms with Crippen molar-refractivity contribution in [1.29, 1.82) is 0 Å². The van der Waals surface area contributed by atoms with E-state index in [1.54, 1.807) is 7.11 Å². The fraction of sp³-hybridized carbons (Fsp3) is 0.588. The molecule has 1 amide bonds. The number of benzene rings is 1. The summed E-state index contributed by atoms with van der Waals surface area (Å²) in [6, 6.07) is 8.13. The molecule has 0 atom stereocenters. The summed E-state index contributed by atoms with van der Waals surface area (Å²) in [4.78, 5) is 14.2. The fourth-order valence-corrected chi connectivity index (χ4v) is 2.28. The van der Waals surface area contributed by atoms with Gasteiger partial charge in [-0.1, -0.05) is 38.1 Å². The van der Waals surface area contributed by atoms with E-state index in [4.69, 9.17) is 4.74 Å². The lowest BCUT2D eigenvalue weighted by atomic mass is 10.1. The van der Waals surface area contributed by atoms with Crippen LogP contribution in [-0.2, 0) is 22.7 Å². The summed E-state index contributed by atoms with van der Waals surface area (Å²) in [6.07, 6.45) is 2.16. The first kappa shape index (κ1) is 17.7. The van der Waals surface area contributed by atoms with Crippen LogP contribution in [0.4, 0.5) is 0 Å². The van der Waals surface area contributed by atoms with Gasteiger partial charge in [0.2, 0.25) is 5.91 Å². The summed E-state index contributed by atoms with van der Waals surface area (Å²) in [5, 5.41) is 2.99. The Kier molecular flexibility index (Phi) is 8.71. The molecule has 0 radical (unpaired) electrons. The van der Waals surface area contributed by atoms with E-state index >= 15 is 0 Å². The molecule has 4 heteroatoms. The maximum Gasteiger partial charge on any atom is 0.234 e. The van der Waals surface area contributed by atoms with Gasteiger partial charge in [-0.25, -0.2) is 0 Å². The van der Waals surface area contributed by atoms with Crippen LogP contribution in [0, 0.1) is 0 Å². The molecule has 1 rings (SSSR count). The van der Waals surface area contributed by atoms with Crippen molar-refractivity contribution in [2.75, 3.05) is 26.7 Å². The molecule has 0 saturated heterocycles. The molecule has 0 fully saturated rings. The predicted octanol–water partition coefficient (Wildman–Crippen LogP) is 2.57. The summed E-state index contributed by atoms with van der Waals surface area (Å²) in [5.74, 6) is 0.0952. The van der Waals surface area contributed by atoms with Crippen molar-refractivity contribution in [2.45, 2.75) is 39.8 Å². The first-order valence-electron chi connectivity index (χ1n) is 7.75. The molecule has 0 aliphatic carbocycles. The molecule has 1 aromatic rings. The monoisotopic (exact) mass is 292 g/mol. The van der Waals surface area contributed by atoms with E-state index in [-0.39, 0.29) is 5.91 Å². The smallest absolute Gasteiger partial charge is 0.234 e. The van der Waals surface area contributed by atoms with Gasteiger partial charge in [0.1, 0.15) is 0 Å². The number of carbonyl (C=O) groups is 1. The Morgan fingerprint density at radius 3 is 2.19 bits per heavy atom. The molecule has 118 valence electrons. The molecule has 0 spiro atoms. The van der Waals surface area contributed by atoms with Crippen LogP contribution in [0.15, 0.2) is 24.3 Å². The second-order valence-corrected chi connectivity index (χ2v) is 5.30. The Labute approximate surface area is 128 Å². The highest BCUT2D eigenvalue weighted by molar-refractivity contribution is 5.78. The zero-order valence-electron chi connectivity index (χ0n) is 13.5. The zero-order chi connectivity index (χ0) is 15.5. The summed E-state index contributed by atoms with van der Waals surface area (Å²) in [7, 11) is 1.69. The Bertz CT molecular complexity index is 398. The van der Waals surface area contributed by atoms with Crippen LogP contribution >= 0.6 is 0 Å². The van der Waals surface area contributed by atoms with Crippen LogP contribution in [0.3, 0.4) is 0 Å². The van der Waals surface area contributed by atoms with Crippen LogP contribution in [-0.4, -0.2) is 37.6 Å². The summed E-state index contributed by atoms with van der Waals surface area (Å²) in [6.45, 7) is 7.93. The third-order valence-electron chi connectivity index (χ3n) is 3.27. The lowest BCUT2D eigenvalue weighted by molar-refractivity contribution is -0.122. The number of carbonyl (C=O) groups excluding carboxylic acids is 1. The molecule has 4 nitrogen and oxygen atoms in total. The van der Waals surface area contributed by atoms with E-state index in [1.807, 2.05) is 24.3 Å². The molecule has 0 aliphatic heterocycles. The summed E-state index contributed by atoms with van der Waals surface area (Å²) < 4.78 is 5.08. The van der Waals surface area contributed by atoms with Crippen molar-refractivity contribution in [2.24, 2.45) is 0 Å². The third-order valence-corrected chi connectivity index (χ3v) is 3.27. The number of hydrogen-bond acceptors (Lipinski definition) is 3. The minimum Gasteiger partial charge on any atom is -0.380 e. The number of amides is 1. The van der Waals surface area contributed by atoms with Crippen LogP contribution in [0.25, 0.3) is 0 Å². The molecular weight excluding hydrogens is 264 g/mol. The minimum absolute atomic E-state index is 0.0952. The SMILES string of the molecule is CCCN(CCC)CC(=O)NCc1ccc(COC)cc1. The molecule has 1 N–H and O–H groups in total. The van der Waals surface area contributed by atoms with Crippen molar-refractivity contribution in [3.63, 3.8) is 0 Å². The largest absolute Gasteiger partial charge is 0.380 e. The van der Waals surface area contributed by atoms with Gasteiger partial charge >= 0.3 is 0 Å². The topological polar surface area (TPSA) is 41.6 Å². The highest BCUT2D eigenvalue weighted by atomic mass is 16.5. The highest BCUT2D eigenvalue weighted by Crippen LogP contribution is 2.05. The predicted molar refractivity (Wildman–Crippen MR) is 86.0 cm³/mol. The van der Waals surface area contributed by atoms with Crippen LogP contribution in [0.2, 0.25) is 0 Å². The number of nitrogens with one attached hydrogen (secondary N) is 1. The van der Waals surface area contributed by atoms with E-state index < -0.39 is 0 Å². The van der Waals surface area contributed by atoms with Gasteiger partial charge in [0.05, 0.1) is 13.2 Å². The fourth-order valence-electron chi connectivity index (χ4n) is 2.28. The molecular formula is C17H28N2O2. The number of methoxy groups -OCH3 is 1. The lowest BCUT2D eigenvalue weighted by Gasteiger charge is -2.20. The molecule has 1 aromatic carbocycles. The maximum atomic E-state index is 12.0. The Hall–Kier alpha value is -1.39. The van der Waals surface area contributed by atoms with Crippen molar-refractivity contribution in [3.8, 4) is 0 Å². The molecule has 21 heavy (non-hydrogen) atoms. The van der Waals surface area contributed by atoms with Gasteiger partial charge in [-0.2, -0.15) is 0 Å². The van der Waals surface area contributed by atoms with Gasteiger partial charge in [0.25, 0.3) is 0 Å².